The Labute approximate surface area is 123 Å². The molecule has 1 heteroatoms. The van der Waals surface area contributed by atoms with Gasteiger partial charge in [0.15, 0.2) is 0 Å². The zero-order chi connectivity index (χ0) is 14.7. The lowest BCUT2D eigenvalue weighted by molar-refractivity contribution is 0.866. The van der Waals surface area contributed by atoms with E-state index >= 15 is 0 Å². The SMILES string of the molecule is C=S.Cc1ccc(C(C)C)cc1.Cc1ccccc1. The van der Waals surface area contributed by atoms with Crippen molar-refractivity contribution >= 4 is 18.1 Å². The predicted octanol–water partition coefficient (Wildman–Crippen LogP) is 5.73. The van der Waals surface area contributed by atoms with Gasteiger partial charge in [-0.15, -0.1) is 0 Å². The highest BCUT2D eigenvalue weighted by Gasteiger charge is 1.95. The van der Waals surface area contributed by atoms with E-state index in [1.165, 1.54) is 16.7 Å². The Morgan fingerprint density at radius 2 is 1.16 bits per heavy atom. The molecule has 2 aromatic carbocycles. The van der Waals surface area contributed by atoms with Crippen molar-refractivity contribution < 1.29 is 0 Å². The summed E-state index contributed by atoms with van der Waals surface area (Å²) in [4.78, 5) is 0. The molecule has 0 aliphatic rings. The molecule has 0 amide bonds. The molecule has 0 atom stereocenters. The van der Waals surface area contributed by atoms with Crippen molar-refractivity contribution in [3.63, 3.8) is 0 Å². The quantitative estimate of drug-likeness (QED) is 0.597. The number of hydrogen-bond donors (Lipinski definition) is 0. The Hall–Kier alpha value is -1.47. The molecule has 2 rings (SSSR count). The van der Waals surface area contributed by atoms with Crippen molar-refractivity contribution in [2.45, 2.75) is 33.6 Å². The summed E-state index contributed by atoms with van der Waals surface area (Å²) in [5.41, 5.74) is 4.08. The predicted molar refractivity (Wildman–Crippen MR) is 91.2 cm³/mol. The Morgan fingerprint density at radius 1 is 0.737 bits per heavy atom. The lowest BCUT2D eigenvalue weighted by Crippen LogP contribution is -1.85. The number of thiocarbonyl (C=S) groups is 1. The topological polar surface area (TPSA) is 0 Å². The van der Waals surface area contributed by atoms with Crippen LogP contribution in [0, 0.1) is 13.8 Å². The van der Waals surface area contributed by atoms with Gasteiger partial charge >= 0.3 is 0 Å². The van der Waals surface area contributed by atoms with Crippen LogP contribution in [0.4, 0.5) is 0 Å². The molecule has 0 aliphatic heterocycles. The van der Waals surface area contributed by atoms with Gasteiger partial charge in [-0.05, 0) is 31.2 Å². The summed E-state index contributed by atoms with van der Waals surface area (Å²) in [6.45, 7) is 8.62. The lowest BCUT2D eigenvalue weighted by atomic mass is 10.0. The normalized spacial score (nSPS) is 8.89. The van der Waals surface area contributed by atoms with Crippen molar-refractivity contribution in [2.75, 3.05) is 0 Å². The molecule has 2 aromatic rings. The van der Waals surface area contributed by atoms with Crippen LogP contribution in [0.15, 0.2) is 54.6 Å². The van der Waals surface area contributed by atoms with E-state index in [1.807, 2.05) is 18.2 Å². The van der Waals surface area contributed by atoms with Gasteiger partial charge in [-0.2, -0.15) is 0 Å². The lowest BCUT2D eigenvalue weighted by Gasteiger charge is -2.03. The molecular formula is C18H24S. The fraction of sp³-hybridized carbons (Fsp3) is 0.278. The zero-order valence-corrected chi connectivity index (χ0v) is 13.2. The van der Waals surface area contributed by atoms with Gasteiger partial charge in [0.2, 0.25) is 0 Å². The van der Waals surface area contributed by atoms with Crippen LogP contribution in [0.2, 0.25) is 0 Å². The monoisotopic (exact) mass is 272 g/mol. The van der Waals surface area contributed by atoms with Crippen molar-refractivity contribution in [3.8, 4) is 0 Å². The highest BCUT2D eigenvalue weighted by atomic mass is 32.1. The first-order chi connectivity index (χ1) is 9.09. The summed E-state index contributed by atoms with van der Waals surface area (Å²) in [5.74, 6) is 3.49. The molecule has 0 fully saturated rings. The molecular weight excluding hydrogens is 248 g/mol. The molecule has 0 bridgehead atoms. The van der Waals surface area contributed by atoms with E-state index in [0.717, 1.165) is 0 Å². The second-order valence-electron chi connectivity index (χ2n) is 4.72. The average Bonchev–Trinajstić information content (AvgIpc) is 2.43. The maximum Gasteiger partial charge on any atom is -0.0219 e. The van der Waals surface area contributed by atoms with Gasteiger partial charge in [-0.25, -0.2) is 0 Å². The van der Waals surface area contributed by atoms with Crippen molar-refractivity contribution in [1.29, 1.82) is 0 Å². The Morgan fingerprint density at radius 3 is 1.47 bits per heavy atom. The third-order valence-electron chi connectivity index (χ3n) is 2.68. The van der Waals surface area contributed by atoms with E-state index in [2.05, 4.69) is 82.2 Å². The fourth-order valence-corrected chi connectivity index (χ4v) is 1.49. The molecule has 0 spiro atoms. The summed E-state index contributed by atoms with van der Waals surface area (Å²) in [6.07, 6.45) is 0. The number of benzene rings is 2. The Bertz CT molecular complexity index is 429. The highest BCUT2D eigenvalue weighted by Crippen LogP contribution is 2.13. The Balaban J connectivity index is 0.000000316. The van der Waals surface area contributed by atoms with Gasteiger partial charge in [-0.3, -0.25) is 0 Å². The van der Waals surface area contributed by atoms with E-state index in [4.69, 9.17) is 0 Å². The molecule has 19 heavy (non-hydrogen) atoms. The number of hydrogen-bond acceptors (Lipinski definition) is 1. The van der Waals surface area contributed by atoms with Gasteiger partial charge in [0.05, 0.1) is 0 Å². The molecule has 0 nitrogen and oxygen atoms in total. The number of aryl methyl sites for hydroxylation is 2. The minimum absolute atomic E-state index is 0.653. The van der Waals surface area contributed by atoms with Gasteiger partial charge in [-0.1, -0.05) is 91.8 Å². The molecule has 0 N–H and O–H groups in total. The van der Waals surface area contributed by atoms with Crippen molar-refractivity contribution in [2.24, 2.45) is 0 Å². The molecule has 0 unspecified atom stereocenters. The standard InChI is InChI=1S/C10H14.C7H8.CH2S/c1-8(2)10-6-4-9(3)5-7-10;1-7-5-3-2-4-6-7;1-2/h4-8H,1-3H3;2-6H,1H3;1H2. The third kappa shape index (κ3) is 8.28. The van der Waals surface area contributed by atoms with Crippen molar-refractivity contribution in [1.82, 2.24) is 0 Å². The summed E-state index contributed by atoms with van der Waals surface area (Å²) < 4.78 is 0. The third-order valence-corrected chi connectivity index (χ3v) is 2.68. The molecule has 102 valence electrons. The number of rotatable bonds is 1. The van der Waals surface area contributed by atoms with Crippen LogP contribution in [0.1, 0.15) is 36.5 Å². The van der Waals surface area contributed by atoms with Gasteiger partial charge in [0, 0.05) is 0 Å². The minimum Gasteiger partial charge on any atom is -0.0973 e. The van der Waals surface area contributed by atoms with Crippen LogP contribution >= 0.6 is 12.2 Å². The molecule has 0 radical (unpaired) electrons. The minimum atomic E-state index is 0.653. The van der Waals surface area contributed by atoms with E-state index in [-0.39, 0.29) is 0 Å². The van der Waals surface area contributed by atoms with Crippen LogP contribution in [-0.4, -0.2) is 5.87 Å². The van der Waals surface area contributed by atoms with Crippen LogP contribution < -0.4 is 0 Å². The van der Waals surface area contributed by atoms with E-state index < -0.39 is 0 Å². The van der Waals surface area contributed by atoms with Crippen LogP contribution in [-0.2, 0) is 0 Å². The summed E-state index contributed by atoms with van der Waals surface area (Å²) in [6, 6.07) is 19.0. The first-order valence-corrected chi connectivity index (χ1v) is 7.04. The highest BCUT2D eigenvalue weighted by molar-refractivity contribution is 7.77. The zero-order valence-electron chi connectivity index (χ0n) is 12.4. The van der Waals surface area contributed by atoms with Gasteiger partial charge in [0.25, 0.3) is 0 Å². The van der Waals surface area contributed by atoms with E-state index in [1.54, 1.807) is 0 Å². The van der Waals surface area contributed by atoms with Crippen LogP contribution in [0.5, 0.6) is 0 Å². The maximum atomic E-state index is 3.83. The van der Waals surface area contributed by atoms with Crippen molar-refractivity contribution in [3.05, 3.63) is 71.3 Å². The molecule has 0 saturated heterocycles. The average molecular weight is 272 g/mol. The van der Waals surface area contributed by atoms with Crippen LogP contribution in [0.3, 0.4) is 0 Å². The summed E-state index contributed by atoms with van der Waals surface area (Å²) in [7, 11) is 0. The molecule has 0 aromatic heterocycles. The molecule has 0 heterocycles. The summed E-state index contributed by atoms with van der Waals surface area (Å²) >= 11 is 3.83. The van der Waals surface area contributed by atoms with Gasteiger partial charge in [0.1, 0.15) is 0 Å². The first kappa shape index (κ1) is 17.5. The smallest absolute Gasteiger partial charge is 0.0219 e. The molecule has 0 saturated carbocycles. The van der Waals surface area contributed by atoms with E-state index in [9.17, 15) is 0 Å². The van der Waals surface area contributed by atoms with E-state index in [0.29, 0.717) is 5.92 Å². The fourth-order valence-electron chi connectivity index (χ4n) is 1.49. The maximum absolute atomic E-state index is 3.83. The molecule has 0 aliphatic carbocycles. The first-order valence-electron chi connectivity index (χ1n) is 6.46. The van der Waals surface area contributed by atoms with Gasteiger partial charge < -0.3 is 0 Å². The Kier molecular flexibility index (Phi) is 9.64. The second-order valence-corrected chi connectivity index (χ2v) is 4.72. The second kappa shape index (κ2) is 10.5. The summed E-state index contributed by atoms with van der Waals surface area (Å²) in [5, 5.41) is 0. The largest absolute Gasteiger partial charge is 0.0973 e. The van der Waals surface area contributed by atoms with Crippen LogP contribution in [0.25, 0.3) is 0 Å².